The van der Waals surface area contributed by atoms with Crippen molar-refractivity contribution in [3.63, 3.8) is 0 Å². The molecule has 1 aliphatic heterocycles. The van der Waals surface area contributed by atoms with Crippen LogP contribution in [0.5, 0.6) is 23.0 Å². The van der Waals surface area contributed by atoms with Crippen LogP contribution in [0.1, 0.15) is 202 Å². The minimum atomic E-state index is -0.193. The molecule has 4 aromatic rings. The fourth-order valence-corrected chi connectivity index (χ4v) is 9.08. The molecule has 1 heterocycles. The standard InChI is InChI=1S/C60H84N2O6/c1-15-17-23-65-53-39-25-43-33-49(59(9,10)11)35-45-27-41-31-48(58(6,7)8)32-42(54(41)66-24-18-16-2)28-46-36-50(60(12,13)14)34-44(26-40(53)30-47(29-39)57(3,4)5)56(46)68-38-52(64)62-22-20-19-21-61-51(63)37-67-55(43)45/h29-36H,15-28,37-38H2,1-14H3,(H,61,63)(H,62,64). The molecule has 0 unspecified atom stereocenters. The van der Waals surface area contributed by atoms with Gasteiger partial charge < -0.3 is 29.6 Å². The van der Waals surface area contributed by atoms with Gasteiger partial charge in [0.15, 0.2) is 13.2 Å². The van der Waals surface area contributed by atoms with Gasteiger partial charge in [0.05, 0.1) is 13.2 Å². The van der Waals surface area contributed by atoms with E-state index < -0.39 is 0 Å². The maximum absolute atomic E-state index is 13.7. The summed E-state index contributed by atoms with van der Waals surface area (Å²) in [6.45, 7) is 33.4. The first-order chi connectivity index (χ1) is 32.0. The fourth-order valence-electron chi connectivity index (χ4n) is 9.08. The summed E-state index contributed by atoms with van der Waals surface area (Å²) in [4.78, 5) is 27.4. The highest BCUT2D eigenvalue weighted by Gasteiger charge is 2.30. The van der Waals surface area contributed by atoms with Crippen molar-refractivity contribution in [1.82, 2.24) is 10.6 Å². The first-order valence-electron chi connectivity index (χ1n) is 25.7. The van der Waals surface area contributed by atoms with Crippen molar-refractivity contribution in [1.29, 1.82) is 0 Å². The van der Waals surface area contributed by atoms with Crippen molar-refractivity contribution in [3.05, 3.63) is 115 Å². The summed E-state index contributed by atoms with van der Waals surface area (Å²) in [6, 6.07) is 18.6. The molecular weight excluding hydrogens is 845 g/mol. The first kappa shape index (κ1) is 52.4. The predicted octanol–water partition coefficient (Wildman–Crippen LogP) is 12.7. The lowest BCUT2D eigenvalue weighted by atomic mass is 9.79. The molecule has 370 valence electrons. The molecule has 2 amide bonds. The van der Waals surface area contributed by atoms with Gasteiger partial charge in [-0.15, -0.1) is 0 Å². The molecule has 0 radical (unpaired) electrons. The molecule has 2 aliphatic rings. The lowest BCUT2D eigenvalue weighted by Crippen LogP contribution is -2.32. The average molecular weight is 929 g/mol. The fraction of sp³-hybridized carbons (Fsp3) is 0.567. The molecule has 8 heteroatoms. The number of amides is 2. The Morgan fingerprint density at radius 1 is 0.441 bits per heavy atom. The maximum Gasteiger partial charge on any atom is 0.257 e. The van der Waals surface area contributed by atoms with Crippen molar-refractivity contribution in [2.45, 2.75) is 183 Å². The van der Waals surface area contributed by atoms with E-state index in [1.807, 2.05) is 0 Å². The van der Waals surface area contributed by atoms with Gasteiger partial charge in [-0.25, -0.2) is 0 Å². The molecule has 2 N–H and O–H groups in total. The van der Waals surface area contributed by atoms with Gasteiger partial charge in [-0.3, -0.25) is 9.59 Å². The van der Waals surface area contributed by atoms with Crippen LogP contribution in [0.3, 0.4) is 0 Å². The Morgan fingerprint density at radius 3 is 0.956 bits per heavy atom. The van der Waals surface area contributed by atoms with Crippen LogP contribution >= 0.6 is 0 Å². The van der Waals surface area contributed by atoms with E-state index in [4.69, 9.17) is 18.9 Å². The lowest BCUT2D eigenvalue weighted by molar-refractivity contribution is -0.124. The van der Waals surface area contributed by atoms with Gasteiger partial charge in [0.2, 0.25) is 0 Å². The van der Waals surface area contributed by atoms with E-state index in [1.165, 1.54) is 22.3 Å². The summed E-state index contributed by atoms with van der Waals surface area (Å²) in [5.41, 5.74) is 12.4. The largest absolute Gasteiger partial charge is 0.493 e. The summed E-state index contributed by atoms with van der Waals surface area (Å²) in [5.74, 6) is 2.84. The van der Waals surface area contributed by atoms with E-state index in [9.17, 15) is 9.59 Å². The number of ether oxygens (including phenoxy) is 4. The van der Waals surface area contributed by atoms with Gasteiger partial charge in [0, 0.05) is 38.8 Å². The molecule has 1 aliphatic carbocycles. The molecule has 68 heavy (non-hydrogen) atoms. The molecule has 8 nitrogen and oxygen atoms in total. The van der Waals surface area contributed by atoms with E-state index in [0.29, 0.717) is 64.8 Å². The van der Waals surface area contributed by atoms with Gasteiger partial charge >= 0.3 is 0 Å². The summed E-state index contributed by atoms with van der Waals surface area (Å²) in [7, 11) is 0. The second-order valence-electron chi connectivity index (χ2n) is 23.6. The van der Waals surface area contributed by atoms with Crippen LogP contribution in [-0.2, 0) is 56.9 Å². The molecule has 0 spiro atoms. The Bertz CT molecular complexity index is 2150. The Morgan fingerprint density at radius 2 is 0.706 bits per heavy atom. The monoisotopic (exact) mass is 929 g/mol. The SMILES string of the molecule is CCCCOc1c2cc(C(C)(C)C)cc1Cc1cc(C(C)(C)C)cc3c1OCC(=O)NCCCCNC(=O)COc1c(cc(C(C)(C)C)cc1Cc1cc(C(C)(C)C)cc(c1OCCCC)C3)C2. The van der Waals surface area contributed by atoms with Crippen molar-refractivity contribution in [2.24, 2.45) is 0 Å². The third kappa shape index (κ3) is 13.4. The summed E-state index contributed by atoms with van der Waals surface area (Å²) in [6.07, 6.45) is 7.35. The molecule has 0 atom stereocenters. The van der Waals surface area contributed by atoms with Gasteiger partial charge in [-0.1, -0.05) is 158 Å². The number of benzene rings is 4. The molecule has 0 saturated carbocycles. The third-order valence-electron chi connectivity index (χ3n) is 13.4. The van der Waals surface area contributed by atoms with Crippen molar-refractivity contribution >= 4 is 11.8 Å². The smallest absolute Gasteiger partial charge is 0.257 e. The van der Waals surface area contributed by atoms with E-state index in [1.54, 1.807) is 0 Å². The zero-order valence-corrected chi connectivity index (χ0v) is 44.4. The minimum Gasteiger partial charge on any atom is -0.493 e. The molecule has 6 rings (SSSR count). The molecule has 0 fully saturated rings. The summed E-state index contributed by atoms with van der Waals surface area (Å²) < 4.78 is 27.9. The highest BCUT2D eigenvalue weighted by atomic mass is 16.5. The third-order valence-corrected chi connectivity index (χ3v) is 13.4. The number of rotatable bonds is 8. The van der Waals surface area contributed by atoms with Crippen LogP contribution in [0, 0.1) is 0 Å². The van der Waals surface area contributed by atoms with E-state index in [2.05, 4.69) is 156 Å². The Balaban J connectivity index is 1.82. The van der Waals surface area contributed by atoms with Crippen LogP contribution < -0.4 is 29.6 Å². The summed E-state index contributed by atoms with van der Waals surface area (Å²) >= 11 is 0. The summed E-state index contributed by atoms with van der Waals surface area (Å²) in [5, 5.41) is 6.18. The van der Waals surface area contributed by atoms with E-state index in [-0.39, 0.29) is 46.7 Å². The minimum absolute atomic E-state index is 0.128. The van der Waals surface area contributed by atoms with Crippen molar-refractivity contribution in [2.75, 3.05) is 39.5 Å². The normalized spacial score (nSPS) is 15.5. The first-order valence-corrected chi connectivity index (χ1v) is 25.7. The molecule has 10 bridgehead atoms. The highest BCUT2D eigenvalue weighted by Crippen LogP contribution is 2.44. The molecular formula is C60H84N2O6. The van der Waals surface area contributed by atoms with Crippen LogP contribution in [0.25, 0.3) is 0 Å². The number of nitrogens with one attached hydrogen (secondary N) is 2. The lowest BCUT2D eigenvalue weighted by Gasteiger charge is -2.29. The van der Waals surface area contributed by atoms with Crippen molar-refractivity contribution in [3.8, 4) is 23.0 Å². The second kappa shape index (κ2) is 21.8. The van der Waals surface area contributed by atoms with Crippen LogP contribution in [0.4, 0.5) is 0 Å². The zero-order chi connectivity index (χ0) is 49.6. The van der Waals surface area contributed by atoms with E-state index in [0.717, 1.165) is 93.2 Å². The average Bonchev–Trinajstić information content (AvgIpc) is 3.23. The quantitative estimate of drug-likeness (QED) is 0.151. The Kier molecular flexibility index (Phi) is 16.8. The van der Waals surface area contributed by atoms with Crippen molar-refractivity contribution < 1.29 is 28.5 Å². The zero-order valence-electron chi connectivity index (χ0n) is 44.4. The topological polar surface area (TPSA) is 95.1 Å². The van der Waals surface area contributed by atoms with Gasteiger partial charge in [0.1, 0.15) is 23.0 Å². The number of unbranched alkanes of at least 4 members (excludes halogenated alkanes) is 2. The number of fused-ring (bicyclic) bond motifs is 2. The van der Waals surface area contributed by atoms with Crippen LogP contribution in [0.15, 0.2) is 48.5 Å². The molecule has 0 saturated heterocycles. The predicted molar refractivity (Wildman–Crippen MR) is 279 cm³/mol. The Hall–Kier alpha value is -4.98. The van der Waals surface area contributed by atoms with Gasteiger partial charge in [-0.05, 0) is 114 Å². The second-order valence-corrected chi connectivity index (χ2v) is 23.6. The van der Waals surface area contributed by atoms with Gasteiger partial charge in [0.25, 0.3) is 11.8 Å². The van der Waals surface area contributed by atoms with Gasteiger partial charge in [-0.2, -0.15) is 0 Å². The number of carbonyl (C=O) groups is 2. The van der Waals surface area contributed by atoms with Crippen LogP contribution in [-0.4, -0.2) is 51.3 Å². The molecule has 0 aromatic heterocycles. The number of hydrogen-bond donors (Lipinski definition) is 2. The van der Waals surface area contributed by atoms with E-state index >= 15 is 0 Å². The number of hydrogen-bond acceptors (Lipinski definition) is 6. The maximum atomic E-state index is 13.7. The Labute approximate surface area is 410 Å². The highest BCUT2D eigenvalue weighted by molar-refractivity contribution is 5.78. The van der Waals surface area contributed by atoms with Crippen LogP contribution in [0.2, 0.25) is 0 Å². The number of carbonyl (C=O) groups excluding carboxylic acids is 2. The molecule has 4 aromatic carbocycles.